The summed E-state index contributed by atoms with van der Waals surface area (Å²) in [5.74, 6) is 1.27. The average molecular weight is 245 g/mol. The lowest BCUT2D eigenvalue weighted by Crippen LogP contribution is -2.35. The fourth-order valence-electron chi connectivity index (χ4n) is 2.69. The van der Waals surface area contributed by atoms with Gasteiger partial charge in [0.15, 0.2) is 0 Å². The zero-order chi connectivity index (χ0) is 13.4. The molecule has 0 fully saturated rings. The Labute approximate surface area is 112 Å². The van der Waals surface area contributed by atoms with Crippen LogP contribution in [-0.2, 0) is 0 Å². The van der Waals surface area contributed by atoms with Crippen molar-refractivity contribution in [3.05, 3.63) is 48.6 Å². The standard InChI is InChI=1S/C17H27N/c1-5-7-13-16(18-4)17(14(3)6-2)15-11-9-8-10-12-15/h5,8-12,14,16-18H,1,6-7,13H2,2-4H3. The van der Waals surface area contributed by atoms with Crippen LogP contribution in [0.2, 0.25) is 0 Å². The van der Waals surface area contributed by atoms with Crippen molar-refractivity contribution in [3.63, 3.8) is 0 Å². The zero-order valence-corrected chi connectivity index (χ0v) is 12.0. The third-order valence-corrected chi connectivity index (χ3v) is 3.93. The molecule has 0 spiro atoms. The second-order valence-electron chi connectivity index (χ2n) is 5.08. The zero-order valence-electron chi connectivity index (χ0n) is 12.0. The van der Waals surface area contributed by atoms with Crippen LogP contribution in [0.3, 0.4) is 0 Å². The SMILES string of the molecule is C=CCCC(NC)C(c1ccccc1)C(C)CC. The van der Waals surface area contributed by atoms with E-state index in [1.54, 1.807) is 0 Å². The Balaban J connectivity index is 2.92. The molecule has 0 heterocycles. The molecular formula is C17H27N. The van der Waals surface area contributed by atoms with Gasteiger partial charge in [0.25, 0.3) is 0 Å². The van der Waals surface area contributed by atoms with E-state index in [0.29, 0.717) is 17.9 Å². The van der Waals surface area contributed by atoms with Gasteiger partial charge in [-0.1, -0.05) is 56.7 Å². The molecule has 100 valence electrons. The quantitative estimate of drug-likeness (QED) is 0.671. The molecule has 1 rings (SSSR count). The van der Waals surface area contributed by atoms with E-state index in [1.165, 1.54) is 12.0 Å². The largest absolute Gasteiger partial charge is 0.316 e. The minimum absolute atomic E-state index is 0.528. The predicted molar refractivity (Wildman–Crippen MR) is 80.9 cm³/mol. The Hall–Kier alpha value is -1.08. The smallest absolute Gasteiger partial charge is 0.0138 e. The summed E-state index contributed by atoms with van der Waals surface area (Å²) in [6.07, 6.45) is 5.46. The molecule has 18 heavy (non-hydrogen) atoms. The summed E-state index contributed by atoms with van der Waals surface area (Å²) in [4.78, 5) is 0. The molecular weight excluding hydrogens is 218 g/mol. The molecule has 0 aliphatic carbocycles. The van der Waals surface area contributed by atoms with Gasteiger partial charge in [-0.2, -0.15) is 0 Å². The van der Waals surface area contributed by atoms with Crippen molar-refractivity contribution in [1.29, 1.82) is 0 Å². The molecule has 0 aromatic heterocycles. The van der Waals surface area contributed by atoms with Crippen molar-refractivity contribution >= 4 is 0 Å². The molecule has 0 aliphatic rings. The van der Waals surface area contributed by atoms with Gasteiger partial charge in [0.05, 0.1) is 0 Å². The van der Waals surface area contributed by atoms with Crippen LogP contribution in [0.1, 0.15) is 44.6 Å². The van der Waals surface area contributed by atoms with E-state index in [2.05, 4.69) is 63.1 Å². The Morgan fingerprint density at radius 3 is 2.44 bits per heavy atom. The summed E-state index contributed by atoms with van der Waals surface area (Å²) >= 11 is 0. The van der Waals surface area contributed by atoms with Crippen LogP contribution in [0, 0.1) is 5.92 Å². The molecule has 0 saturated carbocycles. The predicted octanol–water partition coefficient (Wildman–Crippen LogP) is 4.37. The van der Waals surface area contributed by atoms with Crippen molar-refractivity contribution < 1.29 is 0 Å². The second kappa shape index (κ2) is 8.10. The second-order valence-corrected chi connectivity index (χ2v) is 5.08. The van der Waals surface area contributed by atoms with E-state index >= 15 is 0 Å². The normalized spacial score (nSPS) is 15.9. The van der Waals surface area contributed by atoms with E-state index in [4.69, 9.17) is 0 Å². The highest BCUT2D eigenvalue weighted by Crippen LogP contribution is 2.32. The number of benzene rings is 1. The first kappa shape index (κ1) is 15.0. The van der Waals surface area contributed by atoms with Gasteiger partial charge in [-0.25, -0.2) is 0 Å². The van der Waals surface area contributed by atoms with Gasteiger partial charge < -0.3 is 5.32 Å². The highest BCUT2D eigenvalue weighted by molar-refractivity contribution is 5.22. The van der Waals surface area contributed by atoms with Crippen LogP contribution >= 0.6 is 0 Å². The maximum atomic E-state index is 3.84. The first-order valence-corrected chi connectivity index (χ1v) is 7.07. The Kier molecular flexibility index (Phi) is 6.74. The summed E-state index contributed by atoms with van der Waals surface area (Å²) in [6, 6.07) is 11.4. The summed E-state index contributed by atoms with van der Waals surface area (Å²) in [6.45, 7) is 8.47. The fraction of sp³-hybridized carbons (Fsp3) is 0.529. The van der Waals surface area contributed by atoms with Gasteiger partial charge in [-0.15, -0.1) is 6.58 Å². The molecule has 0 bridgehead atoms. The van der Waals surface area contributed by atoms with Crippen molar-refractivity contribution in [1.82, 2.24) is 5.32 Å². The van der Waals surface area contributed by atoms with Gasteiger partial charge in [0.2, 0.25) is 0 Å². The molecule has 0 saturated heterocycles. The maximum absolute atomic E-state index is 3.84. The lowest BCUT2D eigenvalue weighted by Gasteiger charge is -2.32. The van der Waals surface area contributed by atoms with Crippen LogP contribution in [0.5, 0.6) is 0 Å². The minimum atomic E-state index is 0.528. The Morgan fingerprint density at radius 1 is 1.28 bits per heavy atom. The number of nitrogens with one attached hydrogen (secondary N) is 1. The third kappa shape index (κ3) is 3.99. The lowest BCUT2D eigenvalue weighted by molar-refractivity contribution is 0.335. The summed E-state index contributed by atoms with van der Waals surface area (Å²) in [5, 5.41) is 3.50. The first-order chi connectivity index (χ1) is 8.74. The van der Waals surface area contributed by atoms with Crippen molar-refractivity contribution in [2.24, 2.45) is 5.92 Å². The van der Waals surface area contributed by atoms with E-state index < -0.39 is 0 Å². The van der Waals surface area contributed by atoms with Gasteiger partial charge in [-0.05, 0) is 31.4 Å². The molecule has 1 aromatic carbocycles. The van der Waals surface area contributed by atoms with Crippen molar-refractivity contribution in [2.75, 3.05) is 7.05 Å². The van der Waals surface area contributed by atoms with E-state index in [-0.39, 0.29) is 0 Å². The van der Waals surface area contributed by atoms with Crippen molar-refractivity contribution in [2.45, 2.75) is 45.1 Å². The number of rotatable bonds is 8. The Morgan fingerprint density at radius 2 is 1.94 bits per heavy atom. The van der Waals surface area contributed by atoms with Gasteiger partial charge >= 0.3 is 0 Å². The van der Waals surface area contributed by atoms with Gasteiger partial charge in [0.1, 0.15) is 0 Å². The van der Waals surface area contributed by atoms with E-state index in [0.717, 1.165) is 12.8 Å². The molecule has 1 N–H and O–H groups in total. The summed E-state index contributed by atoms with van der Waals surface area (Å²) < 4.78 is 0. The van der Waals surface area contributed by atoms with Crippen LogP contribution in [0.25, 0.3) is 0 Å². The van der Waals surface area contributed by atoms with Gasteiger partial charge in [-0.3, -0.25) is 0 Å². The number of allylic oxidation sites excluding steroid dienone is 1. The monoisotopic (exact) mass is 245 g/mol. The molecule has 1 aromatic rings. The van der Waals surface area contributed by atoms with Crippen LogP contribution in [-0.4, -0.2) is 13.1 Å². The van der Waals surface area contributed by atoms with Crippen LogP contribution < -0.4 is 5.32 Å². The summed E-state index contributed by atoms with van der Waals surface area (Å²) in [7, 11) is 2.08. The van der Waals surface area contributed by atoms with Crippen LogP contribution in [0.4, 0.5) is 0 Å². The first-order valence-electron chi connectivity index (χ1n) is 7.07. The number of hydrogen-bond donors (Lipinski definition) is 1. The fourth-order valence-corrected chi connectivity index (χ4v) is 2.69. The van der Waals surface area contributed by atoms with E-state index in [1.807, 2.05) is 6.08 Å². The highest BCUT2D eigenvalue weighted by atomic mass is 14.9. The topological polar surface area (TPSA) is 12.0 Å². The van der Waals surface area contributed by atoms with E-state index in [9.17, 15) is 0 Å². The molecule has 3 atom stereocenters. The summed E-state index contributed by atoms with van der Waals surface area (Å²) in [5.41, 5.74) is 1.45. The number of likely N-dealkylation sites (N-methyl/N-ethyl adjacent to an activating group) is 1. The highest BCUT2D eigenvalue weighted by Gasteiger charge is 2.25. The molecule has 0 radical (unpaired) electrons. The maximum Gasteiger partial charge on any atom is 0.0138 e. The molecule has 0 aliphatic heterocycles. The molecule has 3 unspecified atom stereocenters. The lowest BCUT2D eigenvalue weighted by atomic mass is 9.78. The number of hydrogen-bond acceptors (Lipinski definition) is 1. The van der Waals surface area contributed by atoms with Gasteiger partial charge in [0, 0.05) is 12.0 Å². The molecule has 0 amide bonds. The van der Waals surface area contributed by atoms with Crippen molar-refractivity contribution in [3.8, 4) is 0 Å². The average Bonchev–Trinajstić information content (AvgIpc) is 2.43. The third-order valence-electron chi connectivity index (χ3n) is 3.93. The Bertz CT molecular complexity index is 331. The molecule has 1 nitrogen and oxygen atoms in total. The van der Waals surface area contributed by atoms with Crippen LogP contribution in [0.15, 0.2) is 43.0 Å². The molecule has 1 heteroatoms. The minimum Gasteiger partial charge on any atom is -0.316 e.